The van der Waals surface area contributed by atoms with E-state index in [0.717, 1.165) is 38.5 Å². The number of unbranched alkanes of at least 4 members (excludes halogenated alkanes) is 24. The summed E-state index contributed by atoms with van der Waals surface area (Å²) >= 11 is 0. The van der Waals surface area contributed by atoms with E-state index in [-0.39, 0.29) is 45.8 Å². The number of nitrogens with one attached hydrogen (secondary N) is 1. The van der Waals surface area contributed by atoms with Gasteiger partial charge in [-0.1, -0.05) is 168 Å². The van der Waals surface area contributed by atoms with Crippen LogP contribution in [0.2, 0.25) is 0 Å². The van der Waals surface area contributed by atoms with Crippen molar-refractivity contribution in [3.63, 3.8) is 0 Å². The Balaban J connectivity index is 4.51. The van der Waals surface area contributed by atoms with E-state index in [1.165, 1.54) is 116 Å². The van der Waals surface area contributed by atoms with Gasteiger partial charge in [0.2, 0.25) is 0 Å². The van der Waals surface area contributed by atoms with Crippen LogP contribution >= 0.6 is 7.82 Å². The number of rotatable bonds is 43. The van der Waals surface area contributed by atoms with Crippen molar-refractivity contribution in [2.24, 2.45) is 5.73 Å². The molecule has 0 rings (SSSR count). The molecule has 1 amide bonds. The molecule has 0 aliphatic rings. The quantitative estimate of drug-likeness (QED) is 0.0229. The summed E-state index contributed by atoms with van der Waals surface area (Å²) in [6.07, 6.45) is 29.7. The third kappa shape index (κ3) is 40.4. The van der Waals surface area contributed by atoms with Crippen molar-refractivity contribution in [1.29, 1.82) is 0 Å². The van der Waals surface area contributed by atoms with Crippen LogP contribution in [0.15, 0.2) is 0 Å². The Hall–Kier alpha value is -1.76. The standard InChI is InChI=1S/C42H83N2O11P/c1-3-5-7-9-11-13-15-17-19-21-23-25-27-29-40(45)52-37-39(38-54-56(48,49)53-34-32-44-42(47)51-36-35-50-33-31-43)55-41(46)30-28-26-24-22-20-18-16-14-12-10-8-6-4-2/h39H,3-38,43H2,1-2H3,(H,44,47)(H,48,49)/t39-/m1/s1. The molecule has 1 unspecified atom stereocenters. The summed E-state index contributed by atoms with van der Waals surface area (Å²) in [5.74, 6) is -0.906. The summed E-state index contributed by atoms with van der Waals surface area (Å²) in [5.41, 5.74) is 5.32. The molecule has 0 heterocycles. The maximum atomic E-state index is 12.7. The summed E-state index contributed by atoms with van der Waals surface area (Å²) in [5, 5.41) is 2.38. The molecule has 0 bridgehead atoms. The van der Waals surface area contributed by atoms with Crippen LogP contribution in [0.25, 0.3) is 0 Å². The second-order valence-corrected chi connectivity index (χ2v) is 16.3. The fraction of sp³-hybridized carbons (Fsp3) is 0.929. The minimum absolute atomic E-state index is 0.0255. The van der Waals surface area contributed by atoms with Crippen molar-refractivity contribution in [2.45, 2.75) is 200 Å². The number of carbonyl (C=O) groups is 3. The molecule has 0 radical (unpaired) electrons. The molecule has 0 fully saturated rings. The van der Waals surface area contributed by atoms with Gasteiger partial charge in [0.05, 0.1) is 26.4 Å². The van der Waals surface area contributed by atoms with Crippen molar-refractivity contribution in [2.75, 3.05) is 52.7 Å². The van der Waals surface area contributed by atoms with Gasteiger partial charge in [0.25, 0.3) is 0 Å². The highest BCUT2D eigenvalue weighted by Crippen LogP contribution is 2.43. The van der Waals surface area contributed by atoms with Crippen LogP contribution in [0.4, 0.5) is 4.79 Å². The van der Waals surface area contributed by atoms with Gasteiger partial charge >= 0.3 is 25.9 Å². The molecule has 0 spiro atoms. The molecular formula is C42H83N2O11P. The maximum absolute atomic E-state index is 12.7. The zero-order valence-corrected chi connectivity index (χ0v) is 36.5. The lowest BCUT2D eigenvalue weighted by molar-refractivity contribution is -0.161. The van der Waals surface area contributed by atoms with Gasteiger partial charge < -0.3 is 34.9 Å². The van der Waals surface area contributed by atoms with E-state index in [2.05, 4.69) is 19.2 Å². The summed E-state index contributed by atoms with van der Waals surface area (Å²) in [6.45, 7) is 4.14. The smallest absolute Gasteiger partial charge is 0.462 e. The number of ether oxygens (including phenoxy) is 4. The van der Waals surface area contributed by atoms with Crippen molar-refractivity contribution in [3.05, 3.63) is 0 Å². The summed E-state index contributed by atoms with van der Waals surface area (Å²) in [7, 11) is -4.58. The predicted octanol–water partition coefficient (Wildman–Crippen LogP) is 10.2. The topological polar surface area (TPSA) is 182 Å². The fourth-order valence-corrected chi connectivity index (χ4v) is 6.90. The third-order valence-corrected chi connectivity index (χ3v) is 10.5. The lowest BCUT2D eigenvalue weighted by atomic mass is 10.0. The van der Waals surface area contributed by atoms with E-state index in [1.54, 1.807) is 0 Å². The Morgan fingerprint density at radius 2 is 1.00 bits per heavy atom. The van der Waals surface area contributed by atoms with Gasteiger partial charge in [0, 0.05) is 25.9 Å². The molecule has 13 nitrogen and oxygen atoms in total. The van der Waals surface area contributed by atoms with Crippen molar-refractivity contribution in [1.82, 2.24) is 5.32 Å². The Morgan fingerprint density at radius 3 is 1.46 bits per heavy atom. The number of carbonyl (C=O) groups excluding carboxylic acids is 3. The van der Waals surface area contributed by atoms with Crippen LogP contribution < -0.4 is 11.1 Å². The lowest BCUT2D eigenvalue weighted by Gasteiger charge is -2.20. The number of esters is 2. The Kier molecular flexibility index (Phi) is 40.1. The maximum Gasteiger partial charge on any atom is 0.472 e. The normalized spacial score (nSPS) is 12.9. The van der Waals surface area contributed by atoms with Crippen molar-refractivity contribution < 1.29 is 51.8 Å². The number of phosphoric acid groups is 1. The molecule has 4 N–H and O–H groups in total. The lowest BCUT2D eigenvalue weighted by Crippen LogP contribution is -2.30. The second-order valence-electron chi connectivity index (χ2n) is 14.8. The van der Waals surface area contributed by atoms with Gasteiger partial charge in [-0.3, -0.25) is 18.6 Å². The molecule has 14 heteroatoms. The monoisotopic (exact) mass is 823 g/mol. The van der Waals surface area contributed by atoms with Crippen LogP contribution in [0.5, 0.6) is 0 Å². The number of amides is 1. The molecule has 56 heavy (non-hydrogen) atoms. The van der Waals surface area contributed by atoms with E-state index in [9.17, 15) is 23.8 Å². The molecular weight excluding hydrogens is 739 g/mol. The molecule has 0 aliphatic carbocycles. The number of alkyl carbamates (subject to hydrolysis) is 1. The van der Waals surface area contributed by atoms with Gasteiger partial charge in [0.15, 0.2) is 6.10 Å². The zero-order chi connectivity index (χ0) is 41.2. The Morgan fingerprint density at radius 1 is 0.554 bits per heavy atom. The molecule has 0 aromatic rings. The Bertz CT molecular complexity index is 960. The average Bonchev–Trinajstić information content (AvgIpc) is 3.18. The average molecular weight is 823 g/mol. The first-order chi connectivity index (χ1) is 27.2. The van der Waals surface area contributed by atoms with Gasteiger partial charge in [-0.25, -0.2) is 9.36 Å². The van der Waals surface area contributed by atoms with E-state index in [4.69, 9.17) is 33.7 Å². The highest BCUT2D eigenvalue weighted by atomic mass is 31.2. The van der Waals surface area contributed by atoms with E-state index >= 15 is 0 Å². The number of hydrogen-bond acceptors (Lipinski definition) is 11. The molecule has 0 saturated heterocycles. The fourth-order valence-electron chi connectivity index (χ4n) is 6.15. The highest BCUT2D eigenvalue weighted by molar-refractivity contribution is 7.47. The van der Waals surface area contributed by atoms with Crippen LogP contribution in [0, 0.1) is 0 Å². The summed E-state index contributed by atoms with van der Waals surface area (Å²) < 4.78 is 43.5. The minimum atomic E-state index is -4.58. The molecule has 0 saturated carbocycles. The SMILES string of the molecule is CCCCCCCCCCCCCCCC(=O)OC[C@H](COP(=O)(O)OCCNC(=O)OCCOCCN)OC(=O)CCCCCCCCCCCCCCC. The molecule has 0 aliphatic heterocycles. The third-order valence-electron chi connectivity index (χ3n) is 9.47. The van der Waals surface area contributed by atoms with Crippen molar-refractivity contribution >= 4 is 25.9 Å². The largest absolute Gasteiger partial charge is 0.472 e. The van der Waals surface area contributed by atoms with Crippen molar-refractivity contribution in [3.8, 4) is 0 Å². The van der Waals surface area contributed by atoms with E-state index in [0.29, 0.717) is 26.0 Å². The first-order valence-corrected chi connectivity index (χ1v) is 23.9. The summed E-state index contributed by atoms with van der Waals surface area (Å²) in [4.78, 5) is 47.1. The van der Waals surface area contributed by atoms with Gasteiger partial charge in [-0.2, -0.15) is 0 Å². The minimum Gasteiger partial charge on any atom is -0.462 e. The van der Waals surface area contributed by atoms with Gasteiger partial charge in [-0.05, 0) is 12.8 Å². The van der Waals surface area contributed by atoms with Crippen LogP contribution in [0.3, 0.4) is 0 Å². The second kappa shape index (κ2) is 41.4. The highest BCUT2D eigenvalue weighted by Gasteiger charge is 2.26. The Labute approximate surface area is 340 Å². The molecule has 2 atom stereocenters. The predicted molar refractivity (Wildman–Crippen MR) is 222 cm³/mol. The molecule has 0 aromatic carbocycles. The van der Waals surface area contributed by atoms with E-state index in [1.807, 2.05) is 0 Å². The van der Waals surface area contributed by atoms with Crippen LogP contribution in [0.1, 0.15) is 194 Å². The molecule has 332 valence electrons. The van der Waals surface area contributed by atoms with Gasteiger partial charge in [-0.15, -0.1) is 0 Å². The number of hydrogen-bond donors (Lipinski definition) is 3. The summed E-state index contributed by atoms with van der Waals surface area (Å²) in [6, 6.07) is 0. The first-order valence-electron chi connectivity index (χ1n) is 22.4. The zero-order valence-electron chi connectivity index (χ0n) is 35.6. The van der Waals surface area contributed by atoms with Gasteiger partial charge in [0.1, 0.15) is 13.2 Å². The first kappa shape index (κ1) is 54.2. The van der Waals surface area contributed by atoms with Crippen LogP contribution in [-0.2, 0) is 42.1 Å². The number of phosphoric ester groups is 1. The van der Waals surface area contributed by atoms with Crippen LogP contribution in [-0.4, -0.2) is 81.8 Å². The molecule has 0 aromatic heterocycles. The van der Waals surface area contributed by atoms with E-state index < -0.39 is 38.6 Å². The number of nitrogens with two attached hydrogens (primary N) is 1.